The van der Waals surface area contributed by atoms with E-state index >= 15 is 0 Å². The first kappa shape index (κ1) is 13.7. The Morgan fingerprint density at radius 3 is 2.78 bits per heavy atom. The smallest absolute Gasteiger partial charge is 0.244 e. The molecular weight excluding hydrogens is 279 g/mol. The van der Waals surface area contributed by atoms with Gasteiger partial charge in [-0.2, -0.15) is 4.31 Å². The molecule has 1 heterocycles. The monoisotopic (exact) mass is 292 g/mol. The van der Waals surface area contributed by atoms with Gasteiger partial charge in [0.1, 0.15) is 10.7 Å². The summed E-state index contributed by atoms with van der Waals surface area (Å²) in [5.74, 6) is -0.552. The van der Waals surface area contributed by atoms with Crippen molar-refractivity contribution in [2.75, 3.05) is 20.1 Å². The summed E-state index contributed by atoms with van der Waals surface area (Å²) in [5, 5.41) is 3.01. The first-order chi connectivity index (χ1) is 8.43. The van der Waals surface area contributed by atoms with Crippen LogP contribution < -0.4 is 5.32 Å². The first-order valence-electron chi connectivity index (χ1n) is 5.57. The molecule has 1 aromatic rings. The third kappa shape index (κ3) is 2.51. The van der Waals surface area contributed by atoms with E-state index in [1.54, 1.807) is 0 Å². The Kier molecular flexibility index (Phi) is 3.91. The molecule has 1 atom stereocenters. The average Bonchev–Trinajstić information content (AvgIpc) is 2.80. The van der Waals surface area contributed by atoms with Crippen LogP contribution in [-0.4, -0.2) is 38.9 Å². The zero-order valence-corrected chi connectivity index (χ0v) is 11.4. The van der Waals surface area contributed by atoms with Gasteiger partial charge >= 0.3 is 0 Å². The van der Waals surface area contributed by atoms with Crippen molar-refractivity contribution in [2.45, 2.75) is 17.4 Å². The van der Waals surface area contributed by atoms with Gasteiger partial charge in [-0.15, -0.1) is 0 Å². The van der Waals surface area contributed by atoms with Crippen LogP contribution in [0.1, 0.15) is 6.42 Å². The van der Waals surface area contributed by atoms with Gasteiger partial charge in [0.05, 0.1) is 5.02 Å². The number of hydrogen-bond donors (Lipinski definition) is 1. The van der Waals surface area contributed by atoms with E-state index in [0.717, 1.165) is 25.1 Å². The molecule has 0 radical (unpaired) electrons. The van der Waals surface area contributed by atoms with Gasteiger partial charge in [0.2, 0.25) is 10.0 Å². The summed E-state index contributed by atoms with van der Waals surface area (Å²) in [6.45, 7) is 1.41. The molecule has 1 saturated heterocycles. The number of halogens is 2. The zero-order valence-electron chi connectivity index (χ0n) is 9.86. The van der Waals surface area contributed by atoms with E-state index < -0.39 is 15.8 Å². The molecule has 0 aliphatic carbocycles. The summed E-state index contributed by atoms with van der Waals surface area (Å²) in [7, 11) is -2.15. The summed E-state index contributed by atoms with van der Waals surface area (Å²) >= 11 is 5.80. The predicted molar refractivity (Wildman–Crippen MR) is 67.6 cm³/mol. The molecule has 1 aromatic carbocycles. The Morgan fingerprint density at radius 1 is 1.50 bits per heavy atom. The Labute approximate surface area is 111 Å². The van der Waals surface area contributed by atoms with Gasteiger partial charge < -0.3 is 5.32 Å². The normalized spacial score (nSPS) is 20.6. The molecule has 0 spiro atoms. The molecule has 0 amide bonds. The Bertz CT molecular complexity index is 544. The van der Waals surface area contributed by atoms with Crippen LogP contribution in [0.5, 0.6) is 0 Å². The van der Waals surface area contributed by atoms with Crippen LogP contribution in [-0.2, 0) is 10.0 Å². The van der Waals surface area contributed by atoms with Crippen molar-refractivity contribution in [1.82, 2.24) is 9.62 Å². The molecule has 2 rings (SSSR count). The fourth-order valence-electron chi connectivity index (χ4n) is 1.99. The molecule has 0 aromatic heterocycles. The molecule has 1 aliphatic rings. The summed E-state index contributed by atoms with van der Waals surface area (Å²) < 4.78 is 38.9. The van der Waals surface area contributed by atoms with Crippen molar-refractivity contribution in [3.8, 4) is 0 Å². The number of nitrogens with one attached hydrogen (secondary N) is 1. The van der Waals surface area contributed by atoms with Crippen molar-refractivity contribution in [3.63, 3.8) is 0 Å². The molecular formula is C11H14ClFN2O2S. The fraction of sp³-hybridized carbons (Fsp3) is 0.455. The molecule has 0 unspecified atom stereocenters. The van der Waals surface area contributed by atoms with Crippen LogP contribution in [0.4, 0.5) is 4.39 Å². The van der Waals surface area contributed by atoms with Gasteiger partial charge in [0, 0.05) is 19.6 Å². The van der Waals surface area contributed by atoms with E-state index in [2.05, 4.69) is 5.32 Å². The Morgan fingerprint density at radius 2 is 2.22 bits per heavy atom. The summed E-state index contributed by atoms with van der Waals surface area (Å²) in [6.07, 6.45) is 0.758. The summed E-state index contributed by atoms with van der Waals surface area (Å²) in [4.78, 5) is -0.0556. The number of likely N-dealkylation sites (N-methyl/N-ethyl adjacent to an activating group) is 1. The largest absolute Gasteiger partial charge is 0.315 e. The lowest BCUT2D eigenvalue weighted by molar-refractivity contribution is 0.387. The maximum atomic E-state index is 12.9. The molecule has 7 heteroatoms. The quantitative estimate of drug-likeness (QED) is 0.918. The maximum Gasteiger partial charge on any atom is 0.244 e. The molecule has 4 nitrogen and oxygen atoms in total. The second-order valence-corrected chi connectivity index (χ2v) is 6.62. The van der Waals surface area contributed by atoms with Crippen LogP contribution in [0.15, 0.2) is 23.1 Å². The minimum absolute atomic E-state index is 0.0556. The number of rotatable bonds is 3. The second-order valence-electron chi connectivity index (χ2n) is 4.24. The second kappa shape index (κ2) is 5.13. The minimum Gasteiger partial charge on any atom is -0.315 e. The van der Waals surface area contributed by atoms with Gasteiger partial charge in [0.25, 0.3) is 0 Å². The van der Waals surface area contributed by atoms with Crippen molar-refractivity contribution in [1.29, 1.82) is 0 Å². The maximum absolute atomic E-state index is 12.9. The Hall–Kier alpha value is -0.690. The molecule has 100 valence electrons. The van der Waals surface area contributed by atoms with Crippen LogP contribution in [0.2, 0.25) is 5.02 Å². The summed E-state index contributed by atoms with van der Waals surface area (Å²) in [5.41, 5.74) is 0. The standard InChI is InChI=1S/C11H14ClFN2O2S/c1-15(9-4-5-14-7-9)18(16,17)11-3-2-8(13)6-10(11)12/h2-3,6,9,14H,4-5,7H2,1H3/t9-/m0/s1. The van der Waals surface area contributed by atoms with E-state index in [0.29, 0.717) is 6.54 Å². The highest BCUT2D eigenvalue weighted by molar-refractivity contribution is 7.89. The highest BCUT2D eigenvalue weighted by Crippen LogP contribution is 2.26. The van der Waals surface area contributed by atoms with Crippen molar-refractivity contribution < 1.29 is 12.8 Å². The van der Waals surface area contributed by atoms with E-state index in [9.17, 15) is 12.8 Å². The van der Waals surface area contributed by atoms with Gasteiger partial charge in [-0.3, -0.25) is 0 Å². The topological polar surface area (TPSA) is 49.4 Å². The van der Waals surface area contributed by atoms with Crippen LogP contribution in [0, 0.1) is 5.82 Å². The highest BCUT2D eigenvalue weighted by Gasteiger charge is 2.31. The Balaban J connectivity index is 2.35. The van der Waals surface area contributed by atoms with E-state index in [1.807, 2.05) is 0 Å². The lowest BCUT2D eigenvalue weighted by Gasteiger charge is -2.23. The van der Waals surface area contributed by atoms with Gasteiger partial charge in [-0.25, -0.2) is 12.8 Å². The summed E-state index contributed by atoms with van der Waals surface area (Å²) in [6, 6.07) is 3.22. The van der Waals surface area contributed by atoms with E-state index in [-0.39, 0.29) is 16.0 Å². The molecule has 1 aliphatic heterocycles. The van der Waals surface area contributed by atoms with Gasteiger partial charge in [-0.1, -0.05) is 11.6 Å². The number of nitrogens with zero attached hydrogens (tertiary/aromatic N) is 1. The van der Waals surface area contributed by atoms with E-state index in [1.165, 1.54) is 17.4 Å². The van der Waals surface area contributed by atoms with Gasteiger partial charge in [-0.05, 0) is 31.2 Å². The molecule has 18 heavy (non-hydrogen) atoms. The number of hydrogen-bond acceptors (Lipinski definition) is 3. The molecule has 0 saturated carbocycles. The van der Waals surface area contributed by atoms with Crippen molar-refractivity contribution in [3.05, 3.63) is 29.0 Å². The van der Waals surface area contributed by atoms with Gasteiger partial charge in [0.15, 0.2) is 0 Å². The SMILES string of the molecule is CN([C@H]1CCNC1)S(=O)(=O)c1ccc(F)cc1Cl. The van der Waals surface area contributed by atoms with Crippen LogP contribution >= 0.6 is 11.6 Å². The third-order valence-corrected chi connectivity index (χ3v) is 5.49. The first-order valence-corrected chi connectivity index (χ1v) is 7.38. The lowest BCUT2D eigenvalue weighted by atomic mass is 10.3. The van der Waals surface area contributed by atoms with Crippen LogP contribution in [0.25, 0.3) is 0 Å². The zero-order chi connectivity index (χ0) is 13.3. The average molecular weight is 293 g/mol. The third-order valence-electron chi connectivity index (χ3n) is 3.10. The lowest BCUT2D eigenvalue weighted by Crippen LogP contribution is -2.38. The number of benzene rings is 1. The molecule has 1 fully saturated rings. The predicted octanol–water partition coefficient (Wildman–Crippen LogP) is 1.46. The van der Waals surface area contributed by atoms with Crippen molar-refractivity contribution >= 4 is 21.6 Å². The molecule has 1 N–H and O–H groups in total. The number of sulfonamides is 1. The fourth-order valence-corrected chi connectivity index (χ4v) is 3.87. The van der Waals surface area contributed by atoms with E-state index in [4.69, 9.17) is 11.6 Å². The van der Waals surface area contributed by atoms with Crippen LogP contribution in [0.3, 0.4) is 0 Å². The minimum atomic E-state index is -3.68. The highest BCUT2D eigenvalue weighted by atomic mass is 35.5. The molecule has 0 bridgehead atoms. The van der Waals surface area contributed by atoms with Crippen molar-refractivity contribution in [2.24, 2.45) is 0 Å².